The lowest BCUT2D eigenvalue weighted by Gasteiger charge is -2.17. The Bertz CT molecular complexity index is 3530. The highest BCUT2D eigenvalue weighted by molar-refractivity contribution is 7.08. The standard InChI is InChI=1S/C49H34F4N10O7S/c1-29-25-43(71-61-29)63-38-14-6-5-13-36(38)56-47(63)67-28-33-10-8-16-41(55-33)59-45(65)49(52,53)70-35-20-17-30(18-21-35)31-19-22-37-39(26-31)62(42-23-24-68-60-42)46(57-37)66-27-32-9-7-15-40(54-32)58-44(64)48(50,51)69-34-11-3-2-4-12-34/h2-26H,27-28H2,1H3,(H,54,58,64)(H,55,59,65). The van der Waals surface area contributed by atoms with Crippen molar-refractivity contribution >= 4 is 57.0 Å². The number of fused-ring (bicyclic) bond motifs is 2. The van der Waals surface area contributed by atoms with Gasteiger partial charge in [-0.05, 0) is 108 Å². The molecule has 6 heterocycles. The summed E-state index contributed by atoms with van der Waals surface area (Å²) < 4.78 is 94.3. The average Bonchev–Trinajstić information content (AvgIpc) is 4.19. The molecule has 0 unspecified atom stereocenters. The summed E-state index contributed by atoms with van der Waals surface area (Å²) in [6.07, 6.45) is -7.15. The van der Waals surface area contributed by atoms with Gasteiger partial charge < -0.3 is 34.1 Å². The quantitative estimate of drug-likeness (QED) is 0.0819. The minimum Gasteiger partial charge on any atom is -0.458 e. The van der Waals surface area contributed by atoms with E-state index in [0.717, 1.165) is 16.2 Å². The molecule has 0 radical (unpaired) electrons. The summed E-state index contributed by atoms with van der Waals surface area (Å²) in [4.78, 5) is 43.1. The summed E-state index contributed by atoms with van der Waals surface area (Å²) in [5.41, 5.74) is 5.14. The first-order chi connectivity index (χ1) is 34.3. The number of carbonyl (C=O) groups excluding carboxylic acids is 2. The first kappa shape index (κ1) is 45.6. The molecule has 0 saturated carbocycles. The zero-order valence-corrected chi connectivity index (χ0v) is 37.5. The summed E-state index contributed by atoms with van der Waals surface area (Å²) in [6, 6.07) is 38.3. The highest BCUT2D eigenvalue weighted by Gasteiger charge is 2.43. The molecule has 0 atom stereocenters. The van der Waals surface area contributed by atoms with E-state index in [0.29, 0.717) is 39.2 Å². The van der Waals surface area contributed by atoms with Gasteiger partial charge in [0.05, 0.1) is 39.1 Å². The van der Waals surface area contributed by atoms with E-state index in [2.05, 4.69) is 44.8 Å². The Morgan fingerprint density at radius 1 is 0.606 bits per heavy atom. The van der Waals surface area contributed by atoms with E-state index < -0.39 is 24.0 Å². The number of benzene rings is 4. The number of para-hydroxylation sites is 3. The molecule has 2 N–H and O–H groups in total. The number of hydrogen-bond acceptors (Lipinski definition) is 14. The van der Waals surface area contributed by atoms with Crippen LogP contribution < -0.4 is 29.6 Å². The van der Waals surface area contributed by atoms with Crippen molar-refractivity contribution in [1.82, 2.24) is 38.6 Å². The topological polar surface area (TPSA) is 195 Å². The molecule has 22 heteroatoms. The van der Waals surface area contributed by atoms with E-state index >= 15 is 8.78 Å². The molecule has 4 aromatic carbocycles. The van der Waals surface area contributed by atoms with Crippen LogP contribution in [0, 0.1) is 6.92 Å². The molecule has 0 saturated heterocycles. The smallest absolute Gasteiger partial charge is 0.458 e. The summed E-state index contributed by atoms with van der Waals surface area (Å²) in [5, 5.41) is 9.03. The van der Waals surface area contributed by atoms with Crippen LogP contribution in [-0.2, 0) is 22.8 Å². The second-order valence-corrected chi connectivity index (χ2v) is 16.2. The van der Waals surface area contributed by atoms with E-state index in [-0.39, 0.29) is 54.1 Å². The molecule has 10 rings (SSSR count). The minimum absolute atomic E-state index is 0.0594. The Morgan fingerprint density at radius 2 is 1.18 bits per heavy atom. The van der Waals surface area contributed by atoms with Crippen molar-refractivity contribution in [2.45, 2.75) is 32.4 Å². The Hall–Kier alpha value is -9.18. The number of anilines is 2. The van der Waals surface area contributed by atoms with Crippen molar-refractivity contribution in [2.24, 2.45) is 0 Å². The number of rotatable bonds is 17. The summed E-state index contributed by atoms with van der Waals surface area (Å²) >= 11 is 1.28. The molecule has 6 aromatic heterocycles. The first-order valence-corrected chi connectivity index (χ1v) is 22.1. The molecule has 0 aliphatic heterocycles. The Kier molecular flexibility index (Phi) is 12.2. The van der Waals surface area contributed by atoms with Crippen molar-refractivity contribution < 1.29 is 50.6 Å². The molecule has 2 amide bonds. The fourth-order valence-electron chi connectivity index (χ4n) is 7.15. The number of amides is 2. The lowest BCUT2D eigenvalue weighted by Crippen LogP contribution is -2.40. The second kappa shape index (κ2) is 19.1. The Balaban J connectivity index is 0.789. The average molecular weight is 983 g/mol. The van der Waals surface area contributed by atoms with Crippen LogP contribution in [0.1, 0.15) is 17.1 Å². The summed E-state index contributed by atoms with van der Waals surface area (Å²) in [6.45, 7) is 1.58. The van der Waals surface area contributed by atoms with Crippen molar-refractivity contribution in [3.8, 4) is 45.5 Å². The van der Waals surface area contributed by atoms with Gasteiger partial charge in [0.2, 0.25) is 0 Å². The van der Waals surface area contributed by atoms with Crippen LogP contribution in [-0.4, -0.2) is 62.6 Å². The number of alkyl halides is 4. The van der Waals surface area contributed by atoms with Gasteiger partial charge in [-0.1, -0.05) is 65.8 Å². The number of aryl methyl sites for hydroxylation is 1. The van der Waals surface area contributed by atoms with Gasteiger partial charge in [0, 0.05) is 6.07 Å². The van der Waals surface area contributed by atoms with E-state index in [1.165, 1.54) is 84.5 Å². The molecule has 10 aromatic rings. The van der Waals surface area contributed by atoms with Crippen molar-refractivity contribution in [3.63, 3.8) is 0 Å². The third-order valence-electron chi connectivity index (χ3n) is 10.4. The molecule has 0 fully saturated rings. The van der Waals surface area contributed by atoms with Crippen LogP contribution in [0.4, 0.5) is 29.2 Å². The van der Waals surface area contributed by atoms with Crippen molar-refractivity contribution in [3.05, 3.63) is 169 Å². The number of nitrogens with one attached hydrogen (secondary N) is 2. The van der Waals surface area contributed by atoms with Crippen LogP contribution in [0.2, 0.25) is 0 Å². The molecule has 0 spiro atoms. The summed E-state index contributed by atoms with van der Waals surface area (Å²) in [5.74, 6) is -3.99. The maximum absolute atomic E-state index is 15.3. The highest BCUT2D eigenvalue weighted by atomic mass is 32.1. The van der Waals surface area contributed by atoms with Gasteiger partial charge in [0.1, 0.15) is 47.6 Å². The maximum Gasteiger partial charge on any atom is 0.482 e. The van der Waals surface area contributed by atoms with E-state index in [1.54, 1.807) is 53.1 Å². The third-order valence-corrected chi connectivity index (χ3v) is 11.3. The van der Waals surface area contributed by atoms with E-state index in [9.17, 15) is 18.4 Å². The Labute approximate surface area is 402 Å². The van der Waals surface area contributed by atoms with Gasteiger partial charge in [-0.3, -0.25) is 14.2 Å². The number of imidazole rings is 2. The third kappa shape index (κ3) is 10.0. The maximum atomic E-state index is 15.3. The zero-order chi connectivity index (χ0) is 49.1. The van der Waals surface area contributed by atoms with Gasteiger partial charge in [-0.25, -0.2) is 14.5 Å². The molecule has 0 bridgehead atoms. The number of nitrogens with zero attached hydrogens (tertiary/aromatic N) is 8. The predicted octanol–water partition coefficient (Wildman–Crippen LogP) is 9.95. The highest BCUT2D eigenvalue weighted by Crippen LogP contribution is 2.33. The molecule has 71 heavy (non-hydrogen) atoms. The monoisotopic (exact) mass is 982 g/mol. The van der Waals surface area contributed by atoms with Crippen molar-refractivity contribution in [1.29, 1.82) is 0 Å². The molecule has 356 valence electrons. The molecular weight excluding hydrogens is 949 g/mol. The Morgan fingerprint density at radius 3 is 1.79 bits per heavy atom. The number of aromatic nitrogens is 8. The first-order valence-electron chi connectivity index (χ1n) is 21.3. The number of hydrogen-bond donors (Lipinski definition) is 2. The van der Waals surface area contributed by atoms with Crippen LogP contribution in [0.15, 0.2) is 156 Å². The second-order valence-electron chi connectivity index (χ2n) is 15.4. The largest absolute Gasteiger partial charge is 0.482 e. The van der Waals surface area contributed by atoms with Gasteiger partial charge in [-0.2, -0.15) is 31.9 Å². The molecule has 0 aliphatic rings. The van der Waals surface area contributed by atoms with Crippen LogP contribution in [0.5, 0.6) is 23.5 Å². The van der Waals surface area contributed by atoms with Crippen molar-refractivity contribution in [2.75, 3.05) is 10.6 Å². The predicted molar refractivity (Wildman–Crippen MR) is 250 cm³/mol. The van der Waals surface area contributed by atoms with E-state index in [4.69, 9.17) is 18.7 Å². The lowest BCUT2D eigenvalue weighted by atomic mass is 10.0. The minimum atomic E-state index is -4.30. The van der Waals surface area contributed by atoms with Gasteiger partial charge in [0.25, 0.3) is 0 Å². The van der Waals surface area contributed by atoms with E-state index in [1.807, 2.05) is 41.8 Å². The van der Waals surface area contributed by atoms with Crippen LogP contribution in [0.25, 0.3) is 44.0 Å². The van der Waals surface area contributed by atoms with Gasteiger partial charge in [0.15, 0.2) is 5.82 Å². The number of halogens is 4. The number of pyridine rings is 2. The molecular formula is C49H34F4N10O7S. The summed E-state index contributed by atoms with van der Waals surface area (Å²) in [7, 11) is 0. The zero-order valence-electron chi connectivity index (χ0n) is 36.7. The van der Waals surface area contributed by atoms with Crippen LogP contribution >= 0.6 is 11.5 Å². The fourth-order valence-corrected chi connectivity index (χ4v) is 7.92. The molecule has 0 aliphatic carbocycles. The number of ether oxygens (including phenoxy) is 4. The number of carbonyl (C=O) groups is 2. The lowest BCUT2D eigenvalue weighted by molar-refractivity contribution is -0.187. The molecule has 17 nitrogen and oxygen atoms in total. The fraction of sp³-hybridized carbons (Fsp3) is 0.102. The normalized spacial score (nSPS) is 11.7. The van der Waals surface area contributed by atoms with Gasteiger partial charge >= 0.3 is 36.1 Å². The van der Waals surface area contributed by atoms with Crippen LogP contribution in [0.3, 0.4) is 0 Å². The SMILES string of the molecule is Cc1cc(-n2c(OCc3cccc(NC(=O)C(F)(F)Oc4ccc(-c5ccc6nc(OCc7cccc(NC(=O)C(F)(F)Oc8ccccc8)n7)n(-c7ccon7)c6c5)cc4)n3)nc3ccccc32)sn1. The van der Waals surface area contributed by atoms with Gasteiger partial charge in [-0.15, -0.1) is 0 Å².